The van der Waals surface area contributed by atoms with Gasteiger partial charge in [0.15, 0.2) is 0 Å². The van der Waals surface area contributed by atoms with Crippen LogP contribution < -0.4 is 5.73 Å². The molecule has 120 valence electrons. The Morgan fingerprint density at radius 3 is 2.46 bits per heavy atom. The summed E-state index contributed by atoms with van der Waals surface area (Å²) in [4.78, 5) is 19.5. The third-order valence-corrected chi connectivity index (χ3v) is 4.29. The molecule has 2 N–H and O–H groups in total. The van der Waals surface area contributed by atoms with Crippen molar-refractivity contribution in [1.82, 2.24) is 9.97 Å². The second kappa shape index (κ2) is 7.39. The van der Waals surface area contributed by atoms with Crippen LogP contribution in [0.1, 0.15) is 15.9 Å². The zero-order valence-electron chi connectivity index (χ0n) is 12.6. The van der Waals surface area contributed by atoms with Gasteiger partial charge in [-0.05, 0) is 45.3 Å². The summed E-state index contributed by atoms with van der Waals surface area (Å²) in [6, 6.07) is 16.1. The van der Waals surface area contributed by atoms with E-state index in [4.69, 9.17) is 10.5 Å². The Morgan fingerprint density at radius 2 is 1.79 bits per heavy atom. The SMILES string of the molecule is Nc1ncc(C(=O)OCc2ccc(-c3ccccc3)c(I)c2)cn1. The van der Waals surface area contributed by atoms with Crippen LogP contribution in [0.5, 0.6) is 0 Å². The minimum absolute atomic E-state index is 0.123. The highest BCUT2D eigenvalue weighted by molar-refractivity contribution is 14.1. The Balaban J connectivity index is 1.69. The second-order valence-electron chi connectivity index (χ2n) is 5.09. The maximum Gasteiger partial charge on any atom is 0.341 e. The van der Waals surface area contributed by atoms with E-state index in [1.807, 2.05) is 36.4 Å². The molecule has 0 spiro atoms. The Bertz CT molecular complexity index is 852. The summed E-state index contributed by atoms with van der Waals surface area (Å²) < 4.78 is 6.39. The number of nitrogen functional groups attached to an aromatic ring is 1. The van der Waals surface area contributed by atoms with Gasteiger partial charge in [0.25, 0.3) is 0 Å². The molecule has 0 radical (unpaired) electrons. The van der Waals surface area contributed by atoms with Gasteiger partial charge in [-0.2, -0.15) is 0 Å². The van der Waals surface area contributed by atoms with Crippen molar-refractivity contribution in [2.24, 2.45) is 0 Å². The fourth-order valence-electron chi connectivity index (χ4n) is 2.18. The van der Waals surface area contributed by atoms with E-state index in [1.54, 1.807) is 0 Å². The zero-order valence-corrected chi connectivity index (χ0v) is 14.8. The fourth-order valence-corrected chi connectivity index (χ4v) is 3.07. The molecule has 3 aromatic rings. The minimum Gasteiger partial charge on any atom is -0.457 e. The number of hydrogen-bond donors (Lipinski definition) is 1. The molecule has 0 saturated carbocycles. The van der Waals surface area contributed by atoms with Gasteiger partial charge >= 0.3 is 5.97 Å². The third-order valence-electron chi connectivity index (χ3n) is 3.40. The molecule has 0 atom stereocenters. The van der Waals surface area contributed by atoms with Crippen LogP contribution in [0.3, 0.4) is 0 Å². The van der Waals surface area contributed by atoms with E-state index in [0.717, 1.165) is 20.3 Å². The lowest BCUT2D eigenvalue weighted by atomic mass is 10.0. The monoisotopic (exact) mass is 431 g/mol. The lowest BCUT2D eigenvalue weighted by molar-refractivity contribution is 0.0471. The lowest BCUT2D eigenvalue weighted by Gasteiger charge is -2.09. The standard InChI is InChI=1S/C18H14IN3O2/c19-16-8-12(6-7-15(16)13-4-2-1-3-5-13)11-24-17(23)14-9-21-18(20)22-10-14/h1-10H,11H2,(H2,20,21,22). The fraction of sp³-hybridized carbons (Fsp3) is 0.0556. The van der Waals surface area contributed by atoms with Crippen molar-refractivity contribution >= 4 is 34.5 Å². The Kier molecular flexibility index (Phi) is 5.05. The first-order chi connectivity index (χ1) is 11.6. The van der Waals surface area contributed by atoms with Crippen molar-refractivity contribution in [3.8, 4) is 11.1 Å². The maximum atomic E-state index is 12.0. The van der Waals surface area contributed by atoms with Gasteiger partial charge < -0.3 is 10.5 Å². The quantitative estimate of drug-likeness (QED) is 0.504. The Labute approximate surface area is 153 Å². The normalized spacial score (nSPS) is 10.4. The number of rotatable bonds is 4. The van der Waals surface area contributed by atoms with Gasteiger partial charge in [0, 0.05) is 16.0 Å². The maximum absolute atomic E-state index is 12.0. The number of hydrogen-bond acceptors (Lipinski definition) is 5. The average molecular weight is 431 g/mol. The molecule has 6 heteroatoms. The molecule has 0 unspecified atom stereocenters. The van der Waals surface area contributed by atoms with Crippen LogP contribution in [-0.2, 0) is 11.3 Å². The summed E-state index contributed by atoms with van der Waals surface area (Å²) in [7, 11) is 0. The molecule has 0 aliphatic heterocycles. The first-order valence-electron chi connectivity index (χ1n) is 7.22. The van der Waals surface area contributed by atoms with E-state index in [0.29, 0.717) is 0 Å². The highest BCUT2D eigenvalue weighted by Gasteiger charge is 2.10. The number of halogens is 1. The van der Waals surface area contributed by atoms with Crippen molar-refractivity contribution in [2.45, 2.75) is 6.61 Å². The molecule has 0 aliphatic rings. The van der Waals surface area contributed by atoms with E-state index in [9.17, 15) is 4.79 Å². The van der Waals surface area contributed by atoms with Crippen molar-refractivity contribution in [3.05, 3.63) is 75.6 Å². The number of nitrogens with zero attached hydrogens (tertiary/aromatic N) is 2. The first-order valence-corrected chi connectivity index (χ1v) is 8.30. The Hall–Kier alpha value is -2.48. The van der Waals surface area contributed by atoms with E-state index in [-0.39, 0.29) is 18.1 Å². The Morgan fingerprint density at radius 1 is 1.08 bits per heavy atom. The first kappa shape index (κ1) is 16.4. The molecule has 0 bridgehead atoms. The number of nitrogens with two attached hydrogens (primary N) is 1. The molecule has 24 heavy (non-hydrogen) atoms. The minimum atomic E-state index is -0.475. The van der Waals surface area contributed by atoms with E-state index >= 15 is 0 Å². The average Bonchev–Trinajstić information content (AvgIpc) is 2.61. The molecule has 5 nitrogen and oxygen atoms in total. The number of aromatic nitrogens is 2. The van der Waals surface area contributed by atoms with Gasteiger partial charge in [0.05, 0.1) is 5.56 Å². The van der Waals surface area contributed by atoms with Crippen molar-refractivity contribution in [3.63, 3.8) is 0 Å². The highest BCUT2D eigenvalue weighted by atomic mass is 127. The van der Waals surface area contributed by atoms with E-state index in [1.165, 1.54) is 12.4 Å². The summed E-state index contributed by atoms with van der Waals surface area (Å²) in [6.07, 6.45) is 2.71. The number of carbonyl (C=O) groups excluding carboxylic acids is 1. The molecule has 2 aromatic carbocycles. The molecule has 0 aliphatic carbocycles. The van der Waals surface area contributed by atoms with Crippen LogP contribution in [-0.4, -0.2) is 15.9 Å². The van der Waals surface area contributed by atoms with E-state index < -0.39 is 5.97 Å². The predicted molar refractivity (Wildman–Crippen MR) is 100 cm³/mol. The van der Waals surface area contributed by atoms with Crippen molar-refractivity contribution in [2.75, 3.05) is 5.73 Å². The van der Waals surface area contributed by atoms with Gasteiger partial charge in [-0.25, -0.2) is 14.8 Å². The van der Waals surface area contributed by atoms with Gasteiger partial charge in [0.1, 0.15) is 6.61 Å². The molecular formula is C18H14IN3O2. The van der Waals surface area contributed by atoms with Crippen LogP contribution in [0.4, 0.5) is 5.95 Å². The predicted octanol–water partition coefficient (Wildman–Crippen LogP) is 3.69. The van der Waals surface area contributed by atoms with Crippen LogP contribution >= 0.6 is 22.6 Å². The van der Waals surface area contributed by atoms with Crippen molar-refractivity contribution in [1.29, 1.82) is 0 Å². The molecule has 0 amide bonds. The van der Waals surface area contributed by atoms with Crippen LogP contribution in [0.25, 0.3) is 11.1 Å². The zero-order chi connectivity index (χ0) is 16.9. The summed E-state index contributed by atoms with van der Waals surface area (Å²) >= 11 is 2.29. The number of esters is 1. The molecule has 0 fully saturated rings. The number of ether oxygens (including phenoxy) is 1. The van der Waals surface area contributed by atoms with Gasteiger partial charge in [-0.3, -0.25) is 0 Å². The third kappa shape index (κ3) is 3.88. The molecule has 1 aromatic heterocycles. The number of benzene rings is 2. The molecule has 1 heterocycles. The summed E-state index contributed by atoms with van der Waals surface area (Å²) in [5, 5.41) is 0. The molecular weight excluding hydrogens is 417 g/mol. The number of carbonyl (C=O) groups is 1. The van der Waals surface area contributed by atoms with Crippen molar-refractivity contribution < 1.29 is 9.53 Å². The highest BCUT2D eigenvalue weighted by Crippen LogP contribution is 2.26. The van der Waals surface area contributed by atoms with Gasteiger partial charge in [0.2, 0.25) is 5.95 Å². The van der Waals surface area contributed by atoms with Gasteiger partial charge in [-0.1, -0.05) is 42.5 Å². The largest absolute Gasteiger partial charge is 0.457 e. The van der Waals surface area contributed by atoms with Crippen LogP contribution in [0.15, 0.2) is 60.9 Å². The van der Waals surface area contributed by atoms with E-state index in [2.05, 4.69) is 44.7 Å². The summed E-state index contributed by atoms with van der Waals surface area (Å²) in [6.45, 7) is 0.189. The molecule has 0 saturated heterocycles. The topological polar surface area (TPSA) is 78.1 Å². The van der Waals surface area contributed by atoms with Crippen LogP contribution in [0, 0.1) is 3.57 Å². The summed E-state index contributed by atoms with van der Waals surface area (Å²) in [5.74, 6) is -0.352. The number of anilines is 1. The second-order valence-corrected chi connectivity index (χ2v) is 6.25. The van der Waals surface area contributed by atoms with Gasteiger partial charge in [-0.15, -0.1) is 0 Å². The lowest BCUT2D eigenvalue weighted by Crippen LogP contribution is -2.07. The van der Waals surface area contributed by atoms with Crippen LogP contribution in [0.2, 0.25) is 0 Å². The summed E-state index contributed by atoms with van der Waals surface area (Å²) in [5.41, 5.74) is 8.90. The smallest absolute Gasteiger partial charge is 0.341 e. The molecule has 3 rings (SSSR count).